The fraction of sp³-hybridized carbons (Fsp3) is 0.957. The number of hydrogen-bond donors (Lipinski definition) is 2. The molecule has 4 aliphatic carbocycles. The first-order valence-electron chi connectivity index (χ1n) is 11.5. The molecule has 5 aliphatic rings. The molecule has 158 valence electrons. The first-order chi connectivity index (χ1) is 13.3. The van der Waals surface area contributed by atoms with Crippen LogP contribution in [-0.4, -0.2) is 41.3 Å². The van der Waals surface area contributed by atoms with Crippen LogP contribution in [0.2, 0.25) is 0 Å². The van der Waals surface area contributed by atoms with Crippen LogP contribution in [0, 0.1) is 40.4 Å². The maximum Gasteiger partial charge on any atom is 0.302 e. The lowest BCUT2D eigenvalue weighted by Gasteiger charge is -2.60. The molecule has 1 unspecified atom stereocenters. The Labute approximate surface area is 168 Å². The highest BCUT2D eigenvalue weighted by atomic mass is 16.7. The van der Waals surface area contributed by atoms with E-state index in [1.165, 1.54) is 32.6 Å². The number of aliphatic hydroxyl groups excluding tert-OH is 1. The summed E-state index contributed by atoms with van der Waals surface area (Å²) in [6, 6.07) is 0. The summed E-state index contributed by atoms with van der Waals surface area (Å²) < 4.78 is 11.2. The number of aliphatic hydroxyl groups is 2. The Balaban J connectivity index is 1.39. The van der Waals surface area contributed by atoms with Crippen LogP contribution < -0.4 is 0 Å². The van der Waals surface area contributed by atoms with Crippen LogP contribution in [0.4, 0.5) is 0 Å². The molecule has 5 nitrogen and oxygen atoms in total. The van der Waals surface area contributed by atoms with Gasteiger partial charge in [-0.3, -0.25) is 4.79 Å². The van der Waals surface area contributed by atoms with Crippen molar-refractivity contribution in [1.29, 1.82) is 0 Å². The van der Waals surface area contributed by atoms with E-state index in [9.17, 15) is 15.0 Å². The van der Waals surface area contributed by atoms with Gasteiger partial charge in [0.15, 0.2) is 0 Å². The molecule has 2 N–H and O–H groups in total. The number of esters is 1. The van der Waals surface area contributed by atoms with Crippen molar-refractivity contribution in [1.82, 2.24) is 0 Å². The van der Waals surface area contributed by atoms with E-state index in [4.69, 9.17) is 9.47 Å². The molecule has 0 aromatic heterocycles. The normalized spacial score (nSPS) is 55.0. The molecule has 0 amide bonds. The van der Waals surface area contributed by atoms with Gasteiger partial charge >= 0.3 is 5.97 Å². The standard InChI is InChI=1S/C23H36O5/c1-14(24)27-13-23(26)20-6-5-19-17-4-3-15-11-16(25)7-9-21(15,2)18(17)8-10-22(19,20)12-28-23/h15-20,25-26H,3-13H2,1-2H3/t15-,16-,17+,18-,19-,20-,21-,22+,23?/m0/s1. The highest BCUT2D eigenvalue weighted by molar-refractivity contribution is 5.65. The predicted octanol–water partition coefficient (Wildman–Crippen LogP) is 3.27. The van der Waals surface area contributed by atoms with Crippen molar-refractivity contribution in [2.45, 2.75) is 83.5 Å². The smallest absolute Gasteiger partial charge is 0.302 e. The largest absolute Gasteiger partial charge is 0.460 e. The van der Waals surface area contributed by atoms with Crippen molar-refractivity contribution in [2.75, 3.05) is 13.2 Å². The molecule has 4 saturated carbocycles. The molecular weight excluding hydrogens is 356 g/mol. The van der Waals surface area contributed by atoms with Crippen LogP contribution in [0.25, 0.3) is 0 Å². The zero-order valence-corrected chi connectivity index (χ0v) is 17.4. The van der Waals surface area contributed by atoms with Crippen LogP contribution in [0.1, 0.15) is 71.6 Å². The number of ether oxygens (including phenoxy) is 2. The van der Waals surface area contributed by atoms with E-state index in [0.29, 0.717) is 23.9 Å². The molecule has 1 heterocycles. The molecule has 0 aromatic rings. The minimum absolute atomic E-state index is 0.0345. The van der Waals surface area contributed by atoms with Crippen LogP contribution in [-0.2, 0) is 14.3 Å². The van der Waals surface area contributed by atoms with Crippen molar-refractivity contribution in [3.63, 3.8) is 0 Å². The lowest BCUT2D eigenvalue weighted by Crippen LogP contribution is -2.55. The van der Waals surface area contributed by atoms with Gasteiger partial charge < -0.3 is 19.7 Å². The molecule has 0 bridgehead atoms. The first kappa shape index (κ1) is 19.3. The third-order valence-corrected chi connectivity index (χ3v) is 9.97. The van der Waals surface area contributed by atoms with Gasteiger partial charge in [0.1, 0.15) is 6.61 Å². The van der Waals surface area contributed by atoms with Gasteiger partial charge in [0.2, 0.25) is 5.79 Å². The topological polar surface area (TPSA) is 76.0 Å². The summed E-state index contributed by atoms with van der Waals surface area (Å²) in [4.78, 5) is 11.3. The van der Waals surface area contributed by atoms with Crippen LogP contribution in [0.3, 0.4) is 0 Å². The molecule has 0 radical (unpaired) electrons. The lowest BCUT2D eigenvalue weighted by atomic mass is 9.44. The Hall–Kier alpha value is -0.650. The highest BCUT2D eigenvalue weighted by Gasteiger charge is 2.68. The fourth-order valence-corrected chi connectivity index (χ4v) is 8.71. The monoisotopic (exact) mass is 392 g/mol. The molecule has 5 rings (SSSR count). The molecule has 1 spiro atoms. The minimum atomic E-state index is -1.30. The molecule has 28 heavy (non-hydrogen) atoms. The van der Waals surface area contributed by atoms with Crippen LogP contribution >= 0.6 is 0 Å². The van der Waals surface area contributed by atoms with E-state index >= 15 is 0 Å². The number of hydrogen-bond acceptors (Lipinski definition) is 5. The zero-order valence-electron chi connectivity index (χ0n) is 17.4. The third kappa shape index (κ3) is 2.58. The van der Waals surface area contributed by atoms with Crippen molar-refractivity contribution in [3.8, 4) is 0 Å². The average Bonchev–Trinajstić information content (AvgIpc) is 3.17. The Bertz CT molecular complexity index is 651. The summed E-state index contributed by atoms with van der Waals surface area (Å²) in [5, 5.41) is 21.4. The minimum Gasteiger partial charge on any atom is -0.460 e. The summed E-state index contributed by atoms with van der Waals surface area (Å²) in [5.74, 6) is 1.18. The summed E-state index contributed by atoms with van der Waals surface area (Å²) >= 11 is 0. The van der Waals surface area contributed by atoms with E-state index in [1.807, 2.05) is 0 Å². The van der Waals surface area contributed by atoms with Gasteiger partial charge in [0, 0.05) is 18.3 Å². The first-order valence-corrected chi connectivity index (χ1v) is 11.5. The van der Waals surface area contributed by atoms with Crippen molar-refractivity contribution in [2.24, 2.45) is 40.4 Å². The molecule has 9 atom stereocenters. The van der Waals surface area contributed by atoms with Gasteiger partial charge in [-0.1, -0.05) is 6.92 Å². The summed E-state index contributed by atoms with van der Waals surface area (Å²) in [6.07, 6.45) is 10.00. The van der Waals surface area contributed by atoms with Crippen molar-refractivity contribution in [3.05, 3.63) is 0 Å². The molecule has 5 heteroatoms. The second-order valence-electron chi connectivity index (χ2n) is 10.9. The Morgan fingerprint density at radius 2 is 1.93 bits per heavy atom. The van der Waals surface area contributed by atoms with Gasteiger partial charge in [0.05, 0.1) is 12.7 Å². The van der Waals surface area contributed by atoms with E-state index < -0.39 is 5.79 Å². The van der Waals surface area contributed by atoms with Gasteiger partial charge in [0.25, 0.3) is 0 Å². The second kappa shape index (κ2) is 6.42. The Morgan fingerprint density at radius 3 is 2.71 bits per heavy atom. The number of carbonyl (C=O) groups is 1. The predicted molar refractivity (Wildman–Crippen MR) is 103 cm³/mol. The molecule has 5 fully saturated rings. The third-order valence-electron chi connectivity index (χ3n) is 9.97. The maximum atomic E-state index is 11.3. The highest BCUT2D eigenvalue weighted by Crippen LogP contribution is 2.70. The Kier molecular flexibility index (Phi) is 4.43. The van der Waals surface area contributed by atoms with Crippen molar-refractivity contribution >= 4 is 5.97 Å². The maximum absolute atomic E-state index is 11.3. The number of rotatable bonds is 2. The molecule has 0 aromatic carbocycles. The number of carbonyl (C=O) groups excluding carboxylic acids is 1. The summed E-state index contributed by atoms with van der Waals surface area (Å²) in [5.41, 5.74) is 0.433. The SMILES string of the molecule is CC(=O)OCC1(O)OC[C@]23CC[C@H]4[C@@H](CC[C@H]5C[C@@H](O)CC[C@@]54C)[C@@H]2CC[C@H]13. The van der Waals surface area contributed by atoms with Gasteiger partial charge in [-0.15, -0.1) is 0 Å². The second-order valence-corrected chi connectivity index (χ2v) is 10.9. The van der Waals surface area contributed by atoms with Gasteiger partial charge in [-0.05, 0) is 86.9 Å². The number of fused-ring (bicyclic) bond motifs is 4. The summed E-state index contributed by atoms with van der Waals surface area (Å²) in [6.45, 7) is 4.47. The van der Waals surface area contributed by atoms with E-state index in [2.05, 4.69) is 6.92 Å². The molecule has 1 aliphatic heterocycles. The molecular formula is C23H36O5. The van der Waals surface area contributed by atoms with Crippen LogP contribution in [0.15, 0.2) is 0 Å². The average molecular weight is 393 g/mol. The fourth-order valence-electron chi connectivity index (χ4n) is 8.71. The summed E-state index contributed by atoms with van der Waals surface area (Å²) in [7, 11) is 0. The molecule has 1 saturated heterocycles. The van der Waals surface area contributed by atoms with E-state index in [1.54, 1.807) is 0 Å². The van der Waals surface area contributed by atoms with Crippen molar-refractivity contribution < 1.29 is 24.5 Å². The quantitative estimate of drug-likeness (QED) is 0.706. The van der Waals surface area contributed by atoms with Gasteiger partial charge in [-0.2, -0.15) is 0 Å². The zero-order chi connectivity index (χ0) is 19.7. The van der Waals surface area contributed by atoms with E-state index in [-0.39, 0.29) is 30.0 Å². The van der Waals surface area contributed by atoms with Crippen LogP contribution in [0.5, 0.6) is 0 Å². The van der Waals surface area contributed by atoms with E-state index in [0.717, 1.165) is 43.9 Å². The van der Waals surface area contributed by atoms with Gasteiger partial charge in [-0.25, -0.2) is 0 Å². The lowest BCUT2D eigenvalue weighted by molar-refractivity contribution is -0.225. The Morgan fingerprint density at radius 1 is 1.11 bits per heavy atom.